The van der Waals surface area contributed by atoms with E-state index in [0.717, 1.165) is 4.90 Å². The van der Waals surface area contributed by atoms with E-state index in [1.54, 1.807) is 20.8 Å². The number of amides is 6. The fraction of sp³-hybridized carbons (Fsp3) is 0.733. The molecule has 0 unspecified atom stereocenters. The van der Waals surface area contributed by atoms with Crippen LogP contribution in [0.15, 0.2) is 0 Å². The van der Waals surface area contributed by atoms with Gasteiger partial charge >= 0.3 is 28.6 Å². The summed E-state index contributed by atoms with van der Waals surface area (Å²) in [6.07, 6.45) is -0.437. The molecule has 2 atom stereocenters. The van der Waals surface area contributed by atoms with E-state index in [4.69, 9.17) is 14.1 Å². The Morgan fingerprint density at radius 1 is 1.23 bits per heavy atom. The van der Waals surface area contributed by atoms with Crippen molar-refractivity contribution in [3.05, 3.63) is 0 Å². The number of alkyl carbamates (subject to hydrolysis) is 1. The third-order valence-electron chi connectivity index (χ3n) is 4.08. The van der Waals surface area contributed by atoms with Crippen LogP contribution in [0.4, 0.5) is 14.4 Å². The van der Waals surface area contributed by atoms with Crippen LogP contribution < -0.4 is 16.1 Å². The number of nitrogens with one attached hydrogen (secondary N) is 3. The first-order valence-electron chi connectivity index (χ1n) is 9.23. The quantitative estimate of drug-likeness (QED) is 0.211. The highest BCUT2D eigenvalue weighted by Crippen LogP contribution is 2.30. The summed E-state index contributed by atoms with van der Waals surface area (Å²) in [4.78, 5) is 53.6. The smallest absolute Gasteiger partial charge is 0.418 e. The monoisotopic (exact) mass is 467 g/mol. The number of ether oxygens (including phenoxy) is 1. The van der Waals surface area contributed by atoms with Gasteiger partial charge in [-0.05, 0) is 33.6 Å². The standard InChI is InChI=1S/C15H25N5O10S/c1-15(2,3)29-13(23)17-12(22)16-6-7-28-18-11(21)10-5-4-9-8-19(10)14(24)20(9)30-31(25,26)27/h9-10H,4-8H2,1-3H3,(H,18,21)(H,25,26,27)(H2,16,17,22,23)/t9-,10-/m0/s1. The number of imide groups is 1. The molecule has 16 heteroatoms. The Balaban J connectivity index is 1.70. The molecule has 176 valence electrons. The lowest BCUT2D eigenvalue weighted by atomic mass is 10.0. The molecule has 0 radical (unpaired) electrons. The molecule has 2 fully saturated rings. The van der Waals surface area contributed by atoms with Gasteiger partial charge in [0, 0.05) is 13.1 Å². The molecule has 31 heavy (non-hydrogen) atoms. The van der Waals surface area contributed by atoms with Gasteiger partial charge in [0.25, 0.3) is 5.91 Å². The van der Waals surface area contributed by atoms with Crippen molar-refractivity contribution in [3.63, 3.8) is 0 Å². The van der Waals surface area contributed by atoms with Gasteiger partial charge in [-0.15, -0.1) is 4.28 Å². The molecule has 2 bridgehead atoms. The average molecular weight is 467 g/mol. The molecule has 2 heterocycles. The lowest BCUT2D eigenvalue weighted by molar-refractivity contribution is -0.138. The summed E-state index contributed by atoms with van der Waals surface area (Å²) in [6.45, 7) is 4.76. The van der Waals surface area contributed by atoms with Crippen molar-refractivity contribution >= 4 is 34.5 Å². The molecule has 0 aromatic carbocycles. The van der Waals surface area contributed by atoms with Gasteiger partial charge in [0.15, 0.2) is 0 Å². The summed E-state index contributed by atoms with van der Waals surface area (Å²) >= 11 is 0. The van der Waals surface area contributed by atoms with Crippen molar-refractivity contribution in [2.45, 2.75) is 51.3 Å². The molecule has 0 spiro atoms. The highest BCUT2D eigenvalue weighted by molar-refractivity contribution is 7.80. The van der Waals surface area contributed by atoms with Crippen molar-refractivity contribution in [2.75, 3.05) is 19.7 Å². The van der Waals surface area contributed by atoms with Gasteiger partial charge in [-0.3, -0.25) is 14.2 Å². The van der Waals surface area contributed by atoms with E-state index < -0.39 is 52.1 Å². The number of fused-ring (bicyclic) bond motifs is 2. The fourth-order valence-electron chi connectivity index (χ4n) is 2.95. The molecule has 4 N–H and O–H groups in total. The minimum Gasteiger partial charge on any atom is -0.443 e. The maximum absolute atomic E-state index is 12.3. The van der Waals surface area contributed by atoms with Crippen molar-refractivity contribution in [1.82, 2.24) is 26.1 Å². The zero-order valence-corrected chi connectivity index (χ0v) is 17.9. The first kappa shape index (κ1) is 24.6. The largest absolute Gasteiger partial charge is 0.443 e. The number of piperidine rings is 1. The molecule has 2 saturated heterocycles. The maximum Gasteiger partial charge on any atom is 0.418 e. The molecule has 2 rings (SSSR count). The highest BCUT2D eigenvalue weighted by Gasteiger charge is 2.49. The molecule has 15 nitrogen and oxygen atoms in total. The Morgan fingerprint density at radius 2 is 1.90 bits per heavy atom. The van der Waals surface area contributed by atoms with E-state index in [0.29, 0.717) is 5.06 Å². The summed E-state index contributed by atoms with van der Waals surface area (Å²) in [5.41, 5.74) is 1.38. The molecule has 2 aliphatic heterocycles. The van der Waals surface area contributed by atoms with Crippen LogP contribution in [-0.4, -0.2) is 84.4 Å². The molecular formula is C15H25N5O10S. The average Bonchev–Trinajstić information content (AvgIpc) is 2.83. The van der Waals surface area contributed by atoms with Crippen molar-refractivity contribution < 1.29 is 46.0 Å². The van der Waals surface area contributed by atoms with Crippen LogP contribution in [-0.2, 0) is 29.1 Å². The number of hydrogen-bond donors (Lipinski definition) is 4. The second-order valence-electron chi connectivity index (χ2n) is 7.71. The van der Waals surface area contributed by atoms with Gasteiger partial charge in [0.2, 0.25) is 0 Å². The fourth-order valence-corrected chi connectivity index (χ4v) is 3.34. The molecule has 6 amide bonds. The number of hydrogen-bond acceptors (Lipinski definition) is 9. The van der Waals surface area contributed by atoms with E-state index in [1.165, 1.54) is 0 Å². The molecule has 0 aromatic heterocycles. The lowest BCUT2D eigenvalue weighted by Gasteiger charge is -2.28. The summed E-state index contributed by atoms with van der Waals surface area (Å²) < 4.78 is 39.7. The second-order valence-corrected chi connectivity index (χ2v) is 8.71. The number of carbonyl (C=O) groups excluding carboxylic acids is 4. The van der Waals surface area contributed by atoms with Crippen LogP contribution in [0.3, 0.4) is 0 Å². The Bertz CT molecular complexity index is 827. The lowest BCUT2D eigenvalue weighted by Crippen LogP contribution is -2.50. The van der Waals surface area contributed by atoms with Gasteiger partial charge in [0.1, 0.15) is 11.6 Å². The molecule has 0 saturated carbocycles. The van der Waals surface area contributed by atoms with Crippen LogP contribution in [0.1, 0.15) is 33.6 Å². The Morgan fingerprint density at radius 3 is 2.52 bits per heavy atom. The first-order valence-corrected chi connectivity index (χ1v) is 10.6. The minimum absolute atomic E-state index is 0.0405. The van der Waals surface area contributed by atoms with Crippen LogP contribution >= 0.6 is 0 Å². The third-order valence-corrected chi connectivity index (χ3v) is 4.43. The van der Waals surface area contributed by atoms with Crippen molar-refractivity contribution in [1.29, 1.82) is 0 Å². The van der Waals surface area contributed by atoms with Crippen LogP contribution in [0.5, 0.6) is 0 Å². The van der Waals surface area contributed by atoms with Crippen LogP contribution in [0.25, 0.3) is 0 Å². The predicted molar refractivity (Wildman–Crippen MR) is 100 cm³/mol. The summed E-state index contributed by atoms with van der Waals surface area (Å²) in [6, 6.07) is -3.24. The number of hydroxylamine groups is 3. The number of carbonyl (C=O) groups is 4. The van der Waals surface area contributed by atoms with Gasteiger partial charge in [-0.1, -0.05) is 0 Å². The van der Waals surface area contributed by atoms with E-state index in [9.17, 15) is 27.6 Å². The Labute approximate surface area is 178 Å². The normalized spacial score (nSPS) is 21.0. The van der Waals surface area contributed by atoms with Gasteiger partial charge < -0.3 is 15.0 Å². The molecule has 0 aliphatic carbocycles. The summed E-state index contributed by atoms with van der Waals surface area (Å²) in [7, 11) is -4.88. The van der Waals surface area contributed by atoms with Gasteiger partial charge in [-0.25, -0.2) is 25.2 Å². The third kappa shape index (κ3) is 7.50. The van der Waals surface area contributed by atoms with Crippen molar-refractivity contribution in [3.8, 4) is 0 Å². The topological polar surface area (TPSA) is 193 Å². The van der Waals surface area contributed by atoms with Crippen LogP contribution in [0, 0.1) is 0 Å². The summed E-state index contributed by atoms with van der Waals surface area (Å²) in [5.74, 6) is -0.654. The highest BCUT2D eigenvalue weighted by atomic mass is 32.3. The van der Waals surface area contributed by atoms with E-state index in [2.05, 4.69) is 15.1 Å². The second kappa shape index (κ2) is 9.63. The van der Waals surface area contributed by atoms with E-state index in [1.807, 2.05) is 5.32 Å². The number of rotatable bonds is 7. The Hall–Kier alpha value is -2.69. The molecule has 0 aromatic rings. The Kier molecular flexibility index (Phi) is 7.63. The zero-order valence-electron chi connectivity index (χ0n) is 17.1. The minimum atomic E-state index is -4.88. The van der Waals surface area contributed by atoms with Crippen molar-refractivity contribution in [2.24, 2.45) is 0 Å². The van der Waals surface area contributed by atoms with E-state index >= 15 is 0 Å². The zero-order chi connectivity index (χ0) is 23.4. The van der Waals surface area contributed by atoms with E-state index in [-0.39, 0.29) is 32.5 Å². The van der Waals surface area contributed by atoms with Crippen LogP contribution in [0.2, 0.25) is 0 Å². The summed E-state index contributed by atoms with van der Waals surface area (Å²) in [5, 5.41) is 4.80. The maximum atomic E-state index is 12.3. The number of nitrogens with zero attached hydrogens (tertiary/aromatic N) is 2. The van der Waals surface area contributed by atoms with Gasteiger partial charge in [-0.2, -0.15) is 13.5 Å². The predicted octanol–water partition coefficient (Wildman–Crippen LogP) is -0.728. The first-order chi connectivity index (χ1) is 14.3. The SMILES string of the molecule is CC(C)(C)OC(=O)NC(=O)NCCONC(=O)[C@@H]1CC[C@H]2CN1C(=O)N2OS(=O)(=O)O. The molecule has 2 aliphatic rings. The molecular weight excluding hydrogens is 442 g/mol. The number of urea groups is 2. The van der Waals surface area contributed by atoms with Gasteiger partial charge in [0.05, 0.1) is 12.6 Å².